The zero-order valence-corrected chi connectivity index (χ0v) is 12.8. The highest BCUT2D eigenvalue weighted by Crippen LogP contribution is 2.61. The van der Waals surface area contributed by atoms with Crippen molar-refractivity contribution in [1.82, 2.24) is 0 Å². The molecule has 0 radical (unpaired) electrons. The predicted molar refractivity (Wildman–Crippen MR) is 73.7 cm³/mol. The van der Waals surface area contributed by atoms with E-state index in [0.717, 1.165) is 12.8 Å². The van der Waals surface area contributed by atoms with E-state index in [2.05, 4.69) is 6.92 Å². The van der Waals surface area contributed by atoms with E-state index in [1.54, 1.807) is 6.92 Å². The Morgan fingerprint density at radius 1 is 1.37 bits per heavy atom. The lowest BCUT2D eigenvalue weighted by Gasteiger charge is -2.22. The Balaban J connectivity index is 2.66. The lowest BCUT2D eigenvalue weighted by atomic mass is 10.0. The molecule has 0 amide bonds. The largest absolute Gasteiger partial charge is 0.466 e. The minimum absolute atomic E-state index is 0.0448. The molecule has 19 heavy (non-hydrogen) atoms. The van der Waals surface area contributed by atoms with Gasteiger partial charge in [-0.3, -0.25) is 4.79 Å². The van der Waals surface area contributed by atoms with Crippen LogP contribution in [0.1, 0.15) is 47.5 Å². The number of carbonyl (C=O) groups is 1. The summed E-state index contributed by atoms with van der Waals surface area (Å²) in [5.74, 6) is -0.278. The van der Waals surface area contributed by atoms with Crippen LogP contribution in [-0.2, 0) is 14.3 Å². The Labute approximate surface area is 116 Å². The molecule has 4 unspecified atom stereocenters. The number of hydrogen-bond acceptors (Lipinski definition) is 4. The number of hydrogen-bond donors (Lipinski definition) is 1. The van der Waals surface area contributed by atoms with Gasteiger partial charge < -0.3 is 14.6 Å². The normalized spacial score (nSPS) is 27.7. The standard InChI is InChI=1S/C15H28O4/c1-6-8-9-19-13(10(3)16)11-12(15(11,4)5)14(17)18-7-2/h10-13,16H,6-9H2,1-5H3. The Bertz CT molecular complexity index is 299. The number of aliphatic hydroxyl groups excluding tert-OH is 1. The molecule has 0 aromatic rings. The molecule has 0 saturated heterocycles. The van der Waals surface area contributed by atoms with Crippen molar-refractivity contribution in [3.63, 3.8) is 0 Å². The average Bonchev–Trinajstić information content (AvgIpc) is 2.87. The van der Waals surface area contributed by atoms with Crippen molar-refractivity contribution < 1.29 is 19.4 Å². The number of aliphatic hydroxyl groups is 1. The van der Waals surface area contributed by atoms with Crippen LogP contribution >= 0.6 is 0 Å². The Morgan fingerprint density at radius 3 is 2.47 bits per heavy atom. The van der Waals surface area contributed by atoms with Gasteiger partial charge in [0.1, 0.15) is 0 Å². The second kappa shape index (κ2) is 6.71. The van der Waals surface area contributed by atoms with Crippen molar-refractivity contribution >= 4 is 5.97 Å². The molecule has 1 aliphatic carbocycles. The highest BCUT2D eigenvalue weighted by molar-refractivity contribution is 5.77. The summed E-state index contributed by atoms with van der Waals surface area (Å²) in [6, 6.07) is 0. The zero-order valence-electron chi connectivity index (χ0n) is 12.8. The second-order valence-corrected chi connectivity index (χ2v) is 6.01. The van der Waals surface area contributed by atoms with Crippen LogP contribution in [-0.4, -0.2) is 36.5 Å². The van der Waals surface area contributed by atoms with Crippen LogP contribution in [0.4, 0.5) is 0 Å². The SMILES string of the molecule is CCCCOC(C(C)O)C1C(C(=O)OCC)C1(C)C. The second-order valence-electron chi connectivity index (χ2n) is 6.01. The van der Waals surface area contributed by atoms with Crippen molar-refractivity contribution in [2.24, 2.45) is 17.3 Å². The van der Waals surface area contributed by atoms with Gasteiger partial charge in [0.2, 0.25) is 0 Å². The molecule has 1 aliphatic rings. The molecular weight excluding hydrogens is 244 g/mol. The molecule has 0 heterocycles. The first-order valence-corrected chi connectivity index (χ1v) is 7.34. The molecule has 4 heteroatoms. The number of unbranched alkanes of at least 4 members (excludes halogenated alkanes) is 1. The molecule has 0 aromatic carbocycles. The third kappa shape index (κ3) is 3.69. The van der Waals surface area contributed by atoms with Crippen LogP contribution < -0.4 is 0 Å². The maximum absolute atomic E-state index is 11.9. The Hall–Kier alpha value is -0.610. The molecule has 1 fully saturated rings. The van der Waals surface area contributed by atoms with Gasteiger partial charge in [-0.15, -0.1) is 0 Å². The van der Waals surface area contributed by atoms with E-state index in [4.69, 9.17) is 9.47 Å². The lowest BCUT2D eigenvalue weighted by molar-refractivity contribution is -0.146. The van der Waals surface area contributed by atoms with Gasteiger partial charge in [-0.25, -0.2) is 0 Å². The van der Waals surface area contributed by atoms with Crippen LogP contribution in [0.5, 0.6) is 0 Å². The molecule has 1 rings (SSSR count). The molecule has 0 aliphatic heterocycles. The van der Waals surface area contributed by atoms with E-state index in [9.17, 15) is 9.90 Å². The van der Waals surface area contributed by atoms with Crippen LogP contribution in [0.25, 0.3) is 0 Å². The molecule has 112 valence electrons. The maximum Gasteiger partial charge on any atom is 0.309 e. The Kier molecular flexibility index (Phi) is 5.81. The van der Waals surface area contributed by atoms with Gasteiger partial charge in [-0.1, -0.05) is 27.2 Å². The summed E-state index contributed by atoms with van der Waals surface area (Å²) in [5, 5.41) is 9.91. The van der Waals surface area contributed by atoms with Crippen LogP contribution in [0.15, 0.2) is 0 Å². The summed E-state index contributed by atoms with van der Waals surface area (Å²) in [5.41, 5.74) is -0.153. The average molecular weight is 272 g/mol. The van der Waals surface area contributed by atoms with Crippen LogP contribution in [0.3, 0.4) is 0 Å². The fourth-order valence-corrected chi connectivity index (χ4v) is 2.88. The number of esters is 1. The van der Waals surface area contributed by atoms with E-state index in [1.165, 1.54) is 0 Å². The summed E-state index contributed by atoms with van der Waals surface area (Å²) < 4.78 is 10.9. The molecule has 0 spiro atoms. The third-order valence-electron chi connectivity index (χ3n) is 4.09. The van der Waals surface area contributed by atoms with Crippen LogP contribution in [0.2, 0.25) is 0 Å². The van der Waals surface area contributed by atoms with Gasteiger partial charge in [0, 0.05) is 12.5 Å². The molecule has 0 aromatic heterocycles. The topological polar surface area (TPSA) is 55.8 Å². The quantitative estimate of drug-likeness (QED) is 0.544. The first-order valence-electron chi connectivity index (χ1n) is 7.34. The third-order valence-corrected chi connectivity index (χ3v) is 4.09. The summed E-state index contributed by atoms with van der Waals surface area (Å²) in [6.07, 6.45) is 1.18. The molecule has 4 atom stereocenters. The molecule has 1 saturated carbocycles. The van der Waals surface area contributed by atoms with Crippen molar-refractivity contribution in [3.8, 4) is 0 Å². The van der Waals surface area contributed by atoms with Crippen molar-refractivity contribution in [2.45, 2.75) is 59.7 Å². The van der Waals surface area contributed by atoms with Gasteiger partial charge >= 0.3 is 5.97 Å². The van der Waals surface area contributed by atoms with Gasteiger partial charge in [-0.2, -0.15) is 0 Å². The van der Waals surface area contributed by atoms with Crippen molar-refractivity contribution in [1.29, 1.82) is 0 Å². The fraction of sp³-hybridized carbons (Fsp3) is 0.933. The lowest BCUT2D eigenvalue weighted by Crippen LogP contribution is -2.31. The molecular formula is C15H28O4. The van der Waals surface area contributed by atoms with Crippen molar-refractivity contribution in [2.75, 3.05) is 13.2 Å². The minimum Gasteiger partial charge on any atom is -0.466 e. The molecule has 1 N–H and O–H groups in total. The summed E-state index contributed by atoms with van der Waals surface area (Å²) in [7, 11) is 0. The highest BCUT2D eigenvalue weighted by atomic mass is 16.5. The predicted octanol–water partition coefficient (Wildman–Crippen LogP) is 2.39. The number of ether oxygens (including phenoxy) is 2. The van der Waals surface area contributed by atoms with Crippen LogP contribution in [0, 0.1) is 17.3 Å². The van der Waals surface area contributed by atoms with E-state index >= 15 is 0 Å². The molecule has 4 nitrogen and oxygen atoms in total. The summed E-state index contributed by atoms with van der Waals surface area (Å²) >= 11 is 0. The first-order chi connectivity index (χ1) is 8.87. The van der Waals surface area contributed by atoms with Gasteiger partial charge in [0.05, 0.1) is 24.7 Å². The van der Waals surface area contributed by atoms with E-state index in [0.29, 0.717) is 13.2 Å². The maximum atomic E-state index is 11.9. The fourth-order valence-electron chi connectivity index (χ4n) is 2.88. The van der Waals surface area contributed by atoms with E-state index in [-0.39, 0.29) is 29.3 Å². The summed E-state index contributed by atoms with van der Waals surface area (Å²) in [4.78, 5) is 11.9. The zero-order chi connectivity index (χ0) is 14.6. The van der Waals surface area contributed by atoms with E-state index in [1.807, 2.05) is 20.8 Å². The van der Waals surface area contributed by atoms with Gasteiger partial charge in [0.25, 0.3) is 0 Å². The number of carbonyl (C=O) groups excluding carboxylic acids is 1. The van der Waals surface area contributed by atoms with Gasteiger partial charge in [-0.05, 0) is 25.7 Å². The van der Waals surface area contributed by atoms with E-state index < -0.39 is 6.10 Å². The van der Waals surface area contributed by atoms with Gasteiger partial charge in [0.15, 0.2) is 0 Å². The number of rotatable bonds is 8. The van der Waals surface area contributed by atoms with Crippen molar-refractivity contribution in [3.05, 3.63) is 0 Å². The smallest absolute Gasteiger partial charge is 0.309 e. The Morgan fingerprint density at radius 2 is 2.00 bits per heavy atom. The highest BCUT2D eigenvalue weighted by Gasteiger charge is 2.66. The monoisotopic (exact) mass is 272 g/mol. The minimum atomic E-state index is -0.569. The first kappa shape index (κ1) is 16.4. The summed E-state index contributed by atoms with van der Waals surface area (Å²) in [6.45, 7) is 10.8. The molecule has 0 bridgehead atoms.